The van der Waals surface area contributed by atoms with E-state index in [9.17, 15) is 9.59 Å². The molecule has 0 fully saturated rings. The van der Waals surface area contributed by atoms with Crippen molar-refractivity contribution in [1.82, 2.24) is 15.1 Å². The standard InChI is InChI=1S/C15H17BrN4O2/c1-3-7-17-15(22)13-12(9-18-20(13)2)19-14(21)10-5-4-6-11(16)8-10/h4-6,8-9H,3,7H2,1-2H3,(H,17,22)(H,19,21). The highest BCUT2D eigenvalue weighted by atomic mass is 79.9. The van der Waals surface area contributed by atoms with E-state index in [4.69, 9.17) is 0 Å². The monoisotopic (exact) mass is 364 g/mol. The van der Waals surface area contributed by atoms with Crippen LogP contribution in [0.1, 0.15) is 34.2 Å². The number of nitrogens with one attached hydrogen (secondary N) is 2. The Balaban J connectivity index is 2.20. The lowest BCUT2D eigenvalue weighted by Gasteiger charge is -2.08. The Bertz CT molecular complexity index is 697. The van der Waals surface area contributed by atoms with Gasteiger partial charge in [0.1, 0.15) is 5.69 Å². The maximum Gasteiger partial charge on any atom is 0.271 e. The van der Waals surface area contributed by atoms with E-state index in [1.807, 2.05) is 13.0 Å². The second kappa shape index (κ2) is 7.22. The first-order valence-corrected chi connectivity index (χ1v) is 7.69. The van der Waals surface area contributed by atoms with Crippen LogP contribution in [0.5, 0.6) is 0 Å². The molecule has 0 atom stereocenters. The predicted octanol–water partition coefficient (Wildman–Crippen LogP) is 2.57. The zero-order valence-electron chi connectivity index (χ0n) is 12.4. The number of carbonyl (C=O) groups is 2. The van der Waals surface area contributed by atoms with E-state index in [-0.39, 0.29) is 11.8 Å². The molecule has 0 bridgehead atoms. The van der Waals surface area contributed by atoms with Crippen molar-refractivity contribution in [3.05, 3.63) is 46.2 Å². The van der Waals surface area contributed by atoms with E-state index in [0.29, 0.717) is 23.5 Å². The minimum atomic E-state index is -0.293. The van der Waals surface area contributed by atoms with Crippen LogP contribution in [-0.2, 0) is 7.05 Å². The molecule has 116 valence electrons. The zero-order valence-corrected chi connectivity index (χ0v) is 14.0. The third-order valence-corrected chi connectivity index (χ3v) is 3.52. The largest absolute Gasteiger partial charge is 0.351 e. The maximum absolute atomic E-state index is 12.3. The van der Waals surface area contributed by atoms with E-state index < -0.39 is 0 Å². The number of aryl methyl sites for hydroxylation is 1. The van der Waals surface area contributed by atoms with Gasteiger partial charge in [-0.15, -0.1) is 0 Å². The van der Waals surface area contributed by atoms with E-state index in [2.05, 4.69) is 31.7 Å². The molecule has 0 spiro atoms. The zero-order chi connectivity index (χ0) is 16.1. The third kappa shape index (κ3) is 3.73. The van der Waals surface area contributed by atoms with Crippen molar-refractivity contribution in [2.75, 3.05) is 11.9 Å². The third-order valence-electron chi connectivity index (χ3n) is 3.02. The Morgan fingerprint density at radius 3 is 2.77 bits per heavy atom. The fraction of sp³-hybridized carbons (Fsp3) is 0.267. The summed E-state index contributed by atoms with van der Waals surface area (Å²) in [5.41, 5.74) is 1.22. The molecule has 0 aliphatic heterocycles. The van der Waals surface area contributed by atoms with Crippen LogP contribution < -0.4 is 10.6 Å². The summed E-state index contributed by atoms with van der Waals surface area (Å²) in [6, 6.07) is 7.03. The number of halogens is 1. The first kappa shape index (κ1) is 16.2. The number of hydrogen-bond donors (Lipinski definition) is 2. The molecule has 0 saturated heterocycles. The molecule has 2 rings (SSSR count). The predicted molar refractivity (Wildman–Crippen MR) is 87.9 cm³/mol. The number of amides is 2. The van der Waals surface area contributed by atoms with Gasteiger partial charge in [0.15, 0.2) is 0 Å². The van der Waals surface area contributed by atoms with E-state index in [1.54, 1.807) is 25.2 Å². The van der Waals surface area contributed by atoms with Crippen LogP contribution in [0.2, 0.25) is 0 Å². The van der Waals surface area contributed by atoms with Crippen molar-refractivity contribution in [3.8, 4) is 0 Å². The van der Waals surface area contributed by atoms with Crippen LogP contribution in [0.25, 0.3) is 0 Å². The molecule has 2 N–H and O–H groups in total. The molecule has 22 heavy (non-hydrogen) atoms. The average molecular weight is 365 g/mol. The molecule has 1 aromatic carbocycles. The van der Waals surface area contributed by atoms with Crippen molar-refractivity contribution >= 4 is 33.4 Å². The highest BCUT2D eigenvalue weighted by Crippen LogP contribution is 2.17. The SMILES string of the molecule is CCCNC(=O)c1c(NC(=O)c2cccc(Br)c2)cnn1C. The molecule has 1 aromatic heterocycles. The van der Waals surface area contributed by atoms with Crippen molar-refractivity contribution in [2.45, 2.75) is 13.3 Å². The quantitative estimate of drug-likeness (QED) is 0.855. The molecule has 2 amide bonds. The number of benzene rings is 1. The average Bonchev–Trinajstić information content (AvgIpc) is 2.85. The highest BCUT2D eigenvalue weighted by molar-refractivity contribution is 9.10. The molecular weight excluding hydrogens is 348 g/mol. The fourth-order valence-electron chi connectivity index (χ4n) is 1.94. The lowest BCUT2D eigenvalue weighted by Crippen LogP contribution is -2.27. The number of rotatable bonds is 5. The van der Waals surface area contributed by atoms with Gasteiger partial charge in [0.25, 0.3) is 11.8 Å². The molecular formula is C15H17BrN4O2. The van der Waals surface area contributed by atoms with Crippen molar-refractivity contribution in [3.63, 3.8) is 0 Å². The smallest absolute Gasteiger partial charge is 0.271 e. The second-order valence-corrected chi connectivity index (χ2v) is 5.67. The Labute approximate surface area is 137 Å². The van der Waals surface area contributed by atoms with Crippen LogP contribution in [0, 0.1) is 0 Å². The topological polar surface area (TPSA) is 76.0 Å². The summed E-state index contributed by atoms with van der Waals surface area (Å²) in [6.45, 7) is 2.54. The summed E-state index contributed by atoms with van der Waals surface area (Å²) in [7, 11) is 1.66. The molecule has 0 saturated carbocycles. The number of aromatic nitrogens is 2. The normalized spacial score (nSPS) is 10.3. The van der Waals surface area contributed by atoms with E-state index in [1.165, 1.54) is 10.9 Å². The lowest BCUT2D eigenvalue weighted by molar-refractivity contribution is 0.0945. The van der Waals surface area contributed by atoms with Gasteiger partial charge >= 0.3 is 0 Å². The van der Waals surface area contributed by atoms with E-state index >= 15 is 0 Å². The van der Waals surface area contributed by atoms with Gasteiger partial charge in [0.2, 0.25) is 0 Å². The van der Waals surface area contributed by atoms with Gasteiger partial charge in [-0.2, -0.15) is 5.10 Å². The summed E-state index contributed by atoms with van der Waals surface area (Å²) in [5.74, 6) is -0.551. The molecule has 0 aliphatic carbocycles. The Hall–Kier alpha value is -2.15. The summed E-state index contributed by atoms with van der Waals surface area (Å²) >= 11 is 3.33. The van der Waals surface area contributed by atoms with Crippen molar-refractivity contribution in [2.24, 2.45) is 7.05 Å². The van der Waals surface area contributed by atoms with Gasteiger partial charge in [-0.3, -0.25) is 14.3 Å². The fourth-order valence-corrected chi connectivity index (χ4v) is 2.34. The van der Waals surface area contributed by atoms with Gasteiger partial charge in [-0.1, -0.05) is 28.9 Å². The molecule has 2 aromatic rings. The van der Waals surface area contributed by atoms with Crippen LogP contribution >= 0.6 is 15.9 Å². The van der Waals surface area contributed by atoms with Gasteiger partial charge in [0.05, 0.1) is 11.9 Å². The Morgan fingerprint density at radius 2 is 2.09 bits per heavy atom. The van der Waals surface area contributed by atoms with Crippen LogP contribution in [0.4, 0.5) is 5.69 Å². The lowest BCUT2D eigenvalue weighted by atomic mass is 10.2. The number of carbonyl (C=O) groups excluding carboxylic acids is 2. The summed E-state index contributed by atoms with van der Waals surface area (Å²) in [4.78, 5) is 24.4. The molecule has 6 nitrogen and oxygen atoms in total. The Morgan fingerprint density at radius 1 is 1.32 bits per heavy atom. The Kier molecular flexibility index (Phi) is 5.32. The van der Waals surface area contributed by atoms with Crippen LogP contribution in [0.15, 0.2) is 34.9 Å². The van der Waals surface area contributed by atoms with Gasteiger partial charge < -0.3 is 10.6 Å². The summed E-state index contributed by atoms with van der Waals surface area (Å²) < 4.78 is 2.26. The van der Waals surface area contributed by atoms with Gasteiger partial charge in [0, 0.05) is 23.6 Å². The summed E-state index contributed by atoms with van der Waals surface area (Å²) in [5, 5.41) is 9.55. The molecule has 0 radical (unpaired) electrons. The van der Waals surface area contributed by atoms with Crippen LogP contribution in [0.3, 0.4) is 0 Å². The van der Waals surface area contributed by atoms with Gasteiger partial charge in [-0.05, 0) is 24.6 Å². The highest BCUT2D eigenvalue weighted by Gasteiger charge is 2.18. The number of anilines is 1. The van der Waals surface area contributed by atoms with Crippen molar-refractivity contribution < 1.29 is 9.59 Å². The summed E-state index contributed by atoms with van der Waals surface area (Å²) in [6.07, 6.45) is 2.31. The molecule has 1 heterocycles. The first-order valence-electron chi connectivity index (χ1n) is 6.90. The first-order chi connectivity index (χ1) is 10.5. The van der Waals surface area contributed by atoms with E-state index in [0.717, 1.165) is 10.9 Å². The molecule has 7 heteroatoms. The second-order valence-electron chi connectivity index (χ2n) is 4.75. The van der Waals surface area contributed by atoms with Gasteiger partial charge in [-0.25, -0.2) is 0 Å². The van der Waals surface area contributed by atoms with Crippen molar-refractivity contribution in [1.29, 1.82) is 0 Å². The van der Waals surface area contributed by atoms with Crippen LogP contribution in [-0.4, -0.2) is 28.1 Å². The number of nitrogens with zero attached hydrogens (tertiary/aromatic N) is 2. The maximum atomic E-state index is 12.3. The number of hydrogen-bond acceptors (Lipinski definition) is 3. The minimum absolute atomic E-state index is 0.258. The minimum Gasteiger partial charge on any atom is -0.351 e. The molecule has 0 aliphatic rings. The molecule has 0 unspecified atom stereocenters.